The van der Waals surface area contributed by atoms with Gasteiger partial charge in [0.15, 0.2) is 5.82 Å². The van der Waals surface area contributed by atoms with Gasteiger partial charge in [0, 0.05) is 11.3 Å². The first-order valence-corrected chi connectivity index (χ1v) is 7.20. The van der Waals surface area contributed by atoms with E-state index in [-0.39, 0.29) is 4.75 Å². The molecular formula is C12H21N3OS. The van der Waals surface area contributed by atoms with Gasteiger partial charge in [-0.2, -0.15) is 4.98 Å². The molecule has 1 fully saturated rings. The molecule has 0 aromatic carbocycles. The van der Waals surface area contributed by atoms with Crippen molar-refractivity contribution in [1.29, 1.82) is 0 Å². The van der Waals surface area contributed by atoms with Crippen LogP contribution >= 0.6 is 11.8 Å². The van der Waals surface area contributed by atoms with Crippen molar-refractivity contribution in [2.45, 2.75) is 50.0 Å². The van der Waals surface area contributed by atoms with Gasteiger partial charge in [0.2, 0.25) is 5.89 Å². The molecule has 1 aliphatic rings. The molecule has 5 heteroatoms. The molecular weight excluding hydrogens is 234 g/mol. The molecule has 2 rings (SSSR count). The van der Waals surface area contributed by atoms with Crippen LogP contribution in [0.4, 0.5) is 0 Å². The zero-order chi connectivity index (χ0) is 12.3. The minimum atomic E-state index is 0.243. The van der Waals surface area contributed by atoms with Crippen molar-refractivity contribution in [3.05, 3.63) is 11.7 Å². The molecule has 96 valence electrons. The van der Waals surface area contributed by atoms with Crippen LogP contribution in [0.5, 0.6) is 0 Å². The Labute approximate surface area is 107 Å². The Balaban J connectivity index is 1.91. The molecule has 4 nitrogen and oxygen atoms in total. The second-order valence-corrected chi connectivity index (χ2v) is 7.30. The minimum Gasteiger partial charge on any atom is -0.339 e. The van der Waals surface area contributed by atoms with Gasteiger partial charge in [0.05, 0.1) is 11.7 Å². The smallest absolute Gasteiger partial charge is 0.231 e. The quantitative estimate of drug-likeness (QED) is 0.899. The number of nitrogens with one attached hydrogen (secondary N) is 1. The average Bonchev–Trinajstić information content (AvgIpc) is 2.75. The van der Waals surface area contributed by atoms with Crippen molar-refractivity contribution in [2.75, 3.05) is 13.1 Å². The molecule has 1 N–H and O–H groups in total. The van der Waals surface area contributed by atoms with E-state index in [4.69, 9.17) is 4.52 Å². The van der Waals surface area contributed by atoms with E-state index in [1.165, 1.54) is 6.42 Å². The number of piperidine rings is 1. The summed E-state index contributed by atoms with van der Waals surface area (Å²) in [7, 11) is 0. The summed E-state index contributed by atoms with van der Waals surface area (Å²) in [6.45, 7) is 8.67. The van der Waals surface area contributed by atoms with Gasteiger partial charge in [-0.15, -0.1) is 11.8 Å². The highest BCUT2D eigenvalue weighted by Gasteiger charge is 2.21. The molecule has 0 saturated carbocycles. The number of hydrogen-bond donors (Lipinski definition) is 1. The highest BCUT2D eigenvalue weighted by Crippen LogP contribution is 2.27. The molecule has 2 heterocycles. The normalized spacial score (nSPS) is 21.7. The molecule has 1 saturated heterocycles. The Kier molecular flexibility index (Phi) is 4.09. The third kappa shape index (κ3) is 4.00. The lowest BCUT2D eigenvalue weighted by molar-refractivity contribution is 0.320. The van der Waals surface area contributed by atoms with Gasteiger partial charge in [0.25, 0.3) is 0 Å². The van der Waals surface area contributed by atoms with Crippen molar-refractivity contribution in [3.63, 3.8) is 0 Å². The minimum absolute atomic E-state index is 0.243. The lowest BCUT2D eigenvalue weighted by Crippen LogP contribution is -2.28. The summed E-state index contributed by atoms with van der Waals surface area (Å²) in [4.78, 5) is 4.50. The van der Waals surface area contributed by atoms with Gasteiger partial charge in [-0.1, -0.05) is 25.9 Å². The molecule has 0 spiro atoms. The fourth-order valence-electron chi connectivity index (χ4n) is 1.84. The summed E-state index contributed by atoms with van der Waals surface area (Å²) in [6.07, 6.45) is 2.35. The monoisotopic (exact) mass is 255 g/mol. The van der Waals surface area contributed by atoms with E-state index in [1.807, 2.05) is 11.8 Å². The molecule has 17 heavy (non-hydrogen) atoms. The second kappa shape index (κ2) is 5.40. The third-order valence-corrected chi connectivity index (χ3v) is 4.03. The van der Waals surface area contributed by atoms with Crippen LogP contribution in [0.2, 0.25) is 0 Å². The molecule has 0 bridgehead atoms. The largest absolute Gasteiger partial charge is 0.339 e. The molecule has 1 atom stereocenters. The van der Waals surface area contributed by atoms with Crippen LogP contribution in [0.25, 0.3) is 0 Å². The number of hydrogen-bond acceptors (Lipinski definition) is 5. The Morgan fingerprint density at radius 3 is 2.94 bits per heavy atom. The maximum absolute atomic E-state index is 5.35. The van der Waals surface area contributed by atoms with Crippen molar-refractivity contribution in [3.8, 4) is 0 Å². The summed E-state index contributed by atoms with van der Waals surface area (Å²) < 4.78 is 5.60. The van der Waals surface area contributed by atoms with Gasteiger partial charge in [-0.05, 0) is 19.4 Å². The van der Waals surface area contributed by atoms with E-state index in [9.17, 15) is 0 Å². The maximum Gasteiger partial charge on any atom is 0.231 e. The summed E-state index contributed by atoms with van der Waals surface area (Å²) in [5.41, 5.74) is 0. The van der Waals surface area contributed by atoms with E-state index in [0.717, 1.165) is 37.0 Å². The Morgan fingerprint density at radius 1 is 1.47 bits per heavy atom. The highest BCUT2D eigenvalue weighted by molar-refractivity contribution is 7.99. The summed E-state index contributed by atoms with van der Waals surface area (Å²) in [5.74, 6) is 2.87. The van der Waals surface area contributed by atoms with Crippen molar-refractivity contribution < 1.29 is 4.52 Å². The predicted molar refractivity (Wildman–Crippen MR) is 70.2 cm³/mol. The third-order valence-electron chi connectivity index (χ3n) is 2.76. The first-order valence-electron chi connectivity index (χ1n) is 6.22. The number of thioether (sulfide) groups is 1. The van der Waals surface area contributed by atoms with Crippen molar-refractivity contribution in [2.24, 2.45) is 0 Å². The van der Waals surface area contributed by atoms with E-state index < -0.39 is 0 Å². The van der Waals surface area contributed by atoms with Gasteiger partial charge < -0.3 is 9.84 Å². The van der Waals surface area contributed by atoms with Crippen LogP contribution in [0.1, 0.15) is 51.2 Å². The highest BCUT2D eigenvalue weighted by atomic mass is 32.2. The first kappa shape index (κ1) is 12.9. The fraction of sp³-hybridized carbons (Fsp3) is 0.833. The first-order chi connectivity index (χ1) is 8.04. The van der Waals surface area contributed by atoms with Crippen LogP contribution in [-0.2, 0) is 5.75 Å². The van der Waals surface area contributed by atoms with Gasteiger partial charge in [0.1, 0.15) is 0 Å². The summed E-state index contributed by atoms with van der Waals surface area (Å²) in [5, 5.41) is 7.43. The van der Waals surface area contributed by atoms with Gasteiger partial charge >= 0.3 is 0 Å². The van der Waals surface area contributed by atoms with Crippen LogP contribution in [0.15, 0.2) is 4.52 Å². The Morgan fingerprint density at radius 2 is 2.29 bits per heavy atom. The van der Waals surface area contributed by atoms with E-state index in [0.29, 0.717) is 5.92 Å². The molecule has 0 radical (unpaired) electrons. The zero-order valence-corrected chi connectivity index (χ0v) is 11.6. The molecule has 0 amide bonds. The van der Waals surface area contributed by atoms with Crippen molar-refractivity contribution in [1.82, 2.24) is 15.5 Å². The average molecular weight is 255 g/mol. The summed E-state index contributed by atoms with van der Waals surface area (Å²) in [6, 6.07) is 0. The summed E-state index contributed by atoms with van der Waals surface area (Å²) >= 11 is 1.85. The van der Waals surface area contributed by atoms with E-state index >= 15 is 0 Å². The number of rotatable bonds is 3. The second-order valence-electron chi connectivity index (χ2n) is 5.49. The van der Waals surface area contributed by atoms with Gasteiger partial charge in [-0.25, -0.2) is 0 Å². The van der Waals surface area contributed by atoms with Gasteiger partial charge in [-0.3, -0.25) is 0 Å². The molecule has 1 aromatic rings. The van der Waals surface area contributed by atoms with E-state index in [1.54, 1.807) is 0 Å². The van der Waals surface area contributed by atoms with Crippen LogP contribution in [-0.4, -0.2) is 28.0 Å². The van der Waals surface area contributed by atoms with Crippen molar-refractivity contribution >= 4 is 11.8 Å². The van der Waals surface area contributed by atoms with Crippen LogP contribution in [0.3, 0.4) is 0 Å². The van der Waals surface area contributed by atoms with Crippen LogP contribution in [0, 0.1) is 0 Å². The fourth-order valence-corrected chi connectivity index (χ4v) is 2.51. The van der Waals surface area contributed by atoms with Crippen LogP contribution < -0.4 is 5.32 Å². The SMILES string of the molecule is CC(C)(C)SCc1noc([C@H]2CCCNC2)n1. The molecule has 1 aromatic heterocycles. The zero-order valence-electron chi connectivity index (χ0n) is 10.8. The molecule has 1 aliphatic heterocycles. The Hall–Kier alpha value is -0.550. The van der Waals surface area contributed by atoms with E-state index in [2.05, 4.69) is 36.2 Å². The number of nitrogens with zero attached hydrogens (tertiary/aromatic N) is 2. The Bertz CT molecular complexity index is 353. The molecule has 0 unspecified atom stereocenters. The standard InChI is InChI=1S/C12H21N3OS/c1-12(2,3)17-8-10-14-11(16-15-10)9-5-4-6-13-7-9/h9,13H,4-8H2,1-3H3/t9-/m0/s1. The lowest BCUT2D eigenvalue weighted by atomic mass is 10.00. The topological polar surface area (TPSA) is 51.0 Å². The predicted octanol–water partition coefficient (Wildman–Crippen LogP) is 2.57. The maximum atomic E-state index is 5.35. The number of aromatic nitrogens is 2. The molecule has 0 aliphatic carbocycles. The lowest BCUT2D eigenvalue weighted by Gasteiger charge is -2.18.